The standard InChI is InChI=1S/C17H18ClF3N2O2S/c1-23(2)11-13-5-3-12(4-6-13)10-22-26(24,25)16-9-14(17(19,20)21)7-8-15(16)18/h3-9,22H,10-11H2,1-2H3. The van der Waals surface area contributed by atoms with Crippen LogP contribution in [0.5, 0.6) is 0 Å². The number of alkyl halides is 3. The second kappa shape index (κ2) is 7.96. The van der Waals surface area contributed by atoms with Gasteiger partial charge in [0, 0.05) is 13.1 Å². The molecule has 0 unspecified atom stereocenters. The van der Waals surface area contributed by atoms with Crippen molar-refractivity contribution in [3.63, 3.8) is 0 Å². The van der Waals surface area contributed by atoms with Gasteiger partial charge in [0.05, 0.1) is 10.6 Å². The maximum atomic E-state index is 12.8. The number of rotatable bonds is 6. The molecule has 1 N–H and O–H groups in total. The summed E-state index contributed by atoms with van der Waals surface area (Å²) in [5, 5.41) is -0.271. The Morgan fingerprint density at radius 3 is 2.15 bits per heavy atom. The van der Waals surface area contributed by atoms with Crippen molar-refractivity contribution in [2.75, 3.05) is 14.1 Å². The average Bonchev–Trinajstić information content (AvgIpc) is 2.53. The zero-order valence-electron chi connectivity index (χ0n) is 14.1. The van der Waals surface area contributed by atoms with Gasteiger partial charge in [-0.2, -0.15) is 13.2 Å². The van der Waals surface area contributed by atoms with Crippen molar-refractivity contribution in [3.8, 4) is 0 Å². The Kier molecular flexibility index (Phi) is 6.33. The molecule has 26 heavy (non-hydrogen) atoms. The van der Waals surface area contributed by atoms with E-state index in [9.17, 15) is 21.6 Å². The fourth-order valence-electron chi connectivity index (χ4n) is 2.27. The Balaban J connectivity index is 2.16. The van der Waals surface area contributed by atoms with Crippen LogP contribution in [0.2, 0.25) is 5.02 Å². The van der Waals surface area contributed by atoms with Crippen LogP contribution < -0.4 is 4.72 Å². The molecule has 0 fully saturated rings. The number of hydrogen-bond donors (Lipinski definition) is 1. The molecule has 0 aliphatic carbocycles. The Hall–Kier alpha value is -1.61. The van der Waals surface area contributed by atoms with E-state index in [1.54, 1.807) is 12.1 Å². The molecule has 142 valence electrons. The minimum atomic E-state index is -4.66. The molecule has 0 aliphatic rings. The van der Waals surface area contributed by atoms with E-state index in [1.165, 1.54) is 0 Å². The lowest BCUT2D eigenvalue weighted by Crippen LogP contribution is -2.24. The summed E-state index contributed by atoms with van der Waals surface area (Å²) in [4.78, 5) is 1.39. The van der Waals surface area contributed by atoms with Crippen molar-refractivity contribution in [3.05, 3.63) is 64.2 Å². The van der Waals surface area contributed by atoms with Gasteiger partial charge < -0.3 is 4.90 Å². The lowest BCUT2D eigenvalue weighted by Gasteiger charge is -2.13. The highest BCUT2D eigenvalue weighted by molar-refractivity contribution is 7.89. The summed E-state index contributed by atoms with van der Waals surface area (Å²) in [7, 11) is -0.328. The number of benzene rings is 2. The van der Waals surface area contributed by atoms with Crippen LogP contribution in [0, 0.1) is 0 Å². The molecule has 0 aliphatic heterocycles. The van der Waals surface area contributed by atoms with Gasteiger partial charge in [-0.05, 0) is 43.4 Å². The summed E-state index contributed by atoms with van der Waals surface area (Å²) >= 11 is 5.79. The Bertz CT molecular complexity index is 867. The minimum Gasteiger partial charge on any atom is -0.305 e. The van der Waals surface area contributed by atoms with Crippen molar-refractivity contribution in [2.24, 2.45) is 0 Å². The summed E-state index contributed by atoms with van der Waals surface area (Å²) in [5.74, 6) is 0. The van der Waals surface area contributed by atoms with Gasteiger partial charge in [0.15, 0.2) is 0 Å². The van der Waals surface area contributed by atoms with Crippen LogP contribution in [0.4, 0.5) is 13.2 Å². The fourth-order valence-corrected chi connectivity index (χ4v) is 3.81. The maximum Gasteiger partial charge on any atom is 0.416 e. The molecule has 0 atom stereocenters. The van der Waals surface area contributed by atoms with Gasteiger partial charge in [-0.3, -0.25) is 0 Å². The molecule has 9 heteroatoms. The van der Waals surface area contributed by atoms with Crippen LogP contribution >= 0.6 is 11.6 Å². The molecule has 0 amide bonds. The first-order chi connectivity index (χ1) is 12.0. The molecule has 2 rings (SSSR count). The molecule has 0 heterocycles. The van der Waals surface area contributed by atoms with E-state index in [-0.39, 0.29) is 11.6 Å². The highest BCUT2D eigenvalue weighted by atomic mass is 35.5. The van der Waals surface area contributed by atoms with Crippen LogP contribution in [-0.4, -0.2) is 27.4 Å². The Morgan fingerprint density at radius 2 is 1.62 bits per heavy atom. The van der Waals surface area contributed by atoms with Crippen molar-refractivity contribution < 1.29 is 21.6 Å². The highest BCUT2D eigenvalue weighted by Gasteiger charge is 2.32. The van der Waals surface area contributed by atoms with Crippen molar-refractivity contribution >= 4 is 21.6 Å². The first kappa shape index (κ1) is 20.7. The largest absolute Gasteiger partial charge is 0.416 e. The van der Waals surface area contributed by atoms with Crippen molar-refractivity contribution in [1.82, 2.24) is 9.62 Å². The van der Waals surface area contributed by atoms with Gasteiger partial charge in [-0.15, -0.1) is 0 Å². The SMILES string of the molecule is CN(C)Cc1ccc(CNS(=O)(=O)c2cc(C(F)(F)F)ccc2Cl)cc1. The normalized spacial score (nSPS) is 12.6. The van der Waals surface area contributed by atoms with Gasteiger partial charge in [0.1, 0.15) is 4.90 Å². The third-order valence-corrected chi connectivity index (χ3v) is 5.42. The van der Waals surface area contributed by atoms with E-state index in [0.717, 1.165) is 24.2 Å². The molecule has 0 saturated carbocycles. The molecule has 0 bridgehead atoms. The number of sulfonamides is 1. The van der Waals surface area contributed by atoms with Crippen LogP contribution in [0.15, 0.2) is 47.4 Å². The molecular formula is C17H18ClF3N2O2S. The minimum absolute atomic E-state index is 0.0584. The predicted octanol–water partition coefficient (Wildman–Crippen LogP) is 3.90. The molecule has 4 nitrogen and oxygen atoms in total. The van der Waals surface area contributed by atoms with Crippen LogP contribution in [0.25, 0.3) is 0 Å². The van der Waals surface area contributed by atoms with Gasteiger partial charge in [-0.25, -0.2) is 13.1 Å². The first-order valence-corrected chi connectivity index (χ1v) is 9.44. The third kappa shape index (κ3) is 5.44. The van der Waals surface area contributed by atoms with Crippen molar-refractivity contribution in [1.29, 1.82) is 0 Å². The molecule has 0 aromatic heterocycles. The molecular weight excluding hydrogens is 389 g/mol. The topological polar surface area (TPSA) is 49.4 Å². The Morgan fingerprint density at radius 1 is 1.04 bits per heavy atom. The van der Waals surface area contributed by atoms with E-state index >= 15 is 0 Å². The number of nitrogens with zero attached hydrogens (tertiary/aromatic N) is 1. The lowest BCUT2D eigenvalue weighted by atomic mass is 10.1. The molecule has 0 spiro atoms. The molecule has 2 aromatic carbocycles. The second-order valence-electron chi connectivity index (χ2n) is 6.02. The zero-order valence-corrected chi connectivity index (χ0v) is 15.7. The maximum absolute atomic E-state index is 12.8. The molecule has 2 aromatic rings. The number of nitrogens with one attached hydrogen (secondary N) is 1. The average molecular weight is 407 g/mol. The zero-order chi connectivity index (χ0) is 19.5. The predicted molar refractivity (Wildman–Crippen MR) is 94.3 cm³/mol. The van der Waals surface area contributed by atoms with Crippen molar-refractivity contribution in [2.45, 2.75) is 24.2 Å². The molecule has 0 saturated heterocycles. The smallest absolute Gasteiger partial charge is 0.305 e. The highest BCUT2D eigenvalue weighted by Crippen LogP contribution is 2.33. The fraction of sp³-hybridized carbons (Fsp3) is 0.294. The number of hydrogen-bond acceptors (Lipinski definition) is 3. The van der Waals surface area contributed by atoms with E-state index < -0.39 is 26.7 Å². The van der Waals surface area contributed by atoms with Crippen LogP contribution in [0.3, 0.4) is 0 Å². The van der Waals surface area contributed by atoms with E-state index in [0.29, 0.717) is 11.6 Å². The van der Waals surface area contributed by atoms with Crippen LogP contribution in [-0.2, 0) is 29.3 Å². The second-order valence-corrected chi connectivity index (χ2v) is 8.16. The number of halogens is 4. The lowest BCUT2D eigenvalue weighted by molar-refractivity contribution is -0.137. The van der Waals surface area contributed by atoms with Gasteiger partial charge >= 0.3 is 6.18 Å². The van der Waals surface area contributed by atoms with Gasteiger partial charge in [0.25, 0.3) is 0 Å². The van der Waals surface area contributed by atoms with E-state index in [2.05, 4.69) is 4.72 Å². The summed E-state index contributed by atoms with van der Waals surface area (Å²) < 4.78 is 65.4. The van der Waals surface area contributed by atoms with E-state index in [1.807, 2.05) is 31.1 Å². The monoisotopic (exact) mass is 406 g/mol. The molecule has 0 radical (unpaired) electrons. The summed E-state index contributed by atoms with van der Waals surface area (Å²) in [6.07, 6.45) is -4.66. The third-order valence-electron chi connectivity index (χ3n) is 3.54. The first-order valence-electron chi connectivity index (χ1n) is 7.58. The van der Waals surface area contributed by atoms with Gasteiger partial charge in [0.2, 0.25) is 10.0 Å². The summed E-state index contributed by atoms with van der Waals surface area (Å²) in [6, 6.07) is 9.44. The van der Waals surface area contributed by atoms with E-state index in [4.69, 9.17) is 11.6 Å². The van der Waals surface area contributed by atoms with Gasteiger partial charge in [-0.1, -0.05) is 35.9 Å². The summed E-state index contributed by atoms with van der Waals surface area (Å²) in [6.45, 7) is 0.684. The summed E-state index contributed by atoms with van der Waals surface area (Å²) in [5.41, 5.74) is 0.664. The quantitative estimate of drug-likeness (QED) is 0.791. The Labute approximate surface area is 155 Å². The van der Waals surface area contributed by atoms with Crippen LogP contribution in [0.1, 0.15) is 16.7 Å².